The summed E-state index contributed by atoms with van der Waals surface area (Å²) in [6, 6.07) is 16.9. The molecule has 3 nitrogen and oxygen atoms in total. The second kappa shape index (κ2) is 6.55. The smallest absolute Gasteiger partial charge is 0.138 e. The molecule has 2 heterocycles. The molecule has 3 aromatic rings. The van der Waals surface area contributed by atoms with E-state index >= 15 is 0 Å². The summed E-state index contributed by atoms with van der Waals surface area (Å²) in [6.45, 7) is 3.45. The van der Waals surface area contributed by atoms with E-state index in [-0.39, 0.29) is 0 Å². The van der Waals surface area contributed by atoms with Crippen molar-refractivity contribution in [3.05, 3.63) is 54.1 Å². The molecule has 0 radical (unpaired) electrons. The summed E-state index contributed by atoms with van der Waals surface area (Å²) in [7, 11) is 0. The van der Waals surface area contributed by atoms with E-state index in [1.807, 2.05) is 12.1 Å². The minimum Gasteiger partial charge on any atom is -0.338 e. The summed E-state index contributed by atoms with van der Waals surface area (Å²) in [5, 5.41) is 0. The van der Waals surface area contributed by atoms with E-state index in [0.29, 0.717) is 0 Å². The van der Waals surface area contributed by atoms with Crippen molar-refractivity contribution >= 4 is 11.0 Å². The molecule has 23 heavy (non-hydrogen) atoms. The Balaban J connectivity index is 1.66. The molecule has 4 rings (SSSR count). The molecular weight excluding hydrogens is 282 g/mol. The zero-order valence-corrected chi connectivity index (χ0v) is 13.5. The highest BCUT2D eigenvalue weighted by Gasteiger charge is 2.14. The summed E-state index contributed by atoms with van der Waals surface area (Å²) >= 11 is 0. The van der Waals surface area contributed by atoms with Crippen molar-refractivity contribution in [1.29, 1.82) is 0 Å². The number of hydrogen-bond donors (Lipinski definition) is 1. The van der Waals surface area contributed by atoms with Gasteiger partial charge in [0.25, 0.3) is 0 Å². The number of fused-ring (bicyclic) bond motifs is 1. The van der Waals surface area contributed by atoms with E-state index in [9.17, 15) is 0 Å². The van der Waals surface area contributed by atoms with Crippen molar-refractivity contribution in [2.45, 2.75) is 32.2 Å². The molecule has 1 saturated heterocycles. The molecule has 3 heteroatoms. The molecule has 0 bridgehead atoms. The number of likely N-dealkylation sites (tertiary alicyclic amines) is 1. The molecule has 0 unspecified atom stereocenters. The van der Waals surface area contributed by atoms with Crippen LogP contribution in [-0.4, -0.2) is 28.0 Å². The van der Waals surface area contributed by atoms with Crippen molar-refractivity contribution < 1.29 is 0 Å². The zero-order chi connectivity index (χ0) is 15.5. The Kier molecular flexibility index (Phi) is 4.12. The molecule has 1 N–H and O–H groups in total. The van der Waals surface area contributed by atoms with Gasteiger partial charge in [-0.3, -0.25) is 4.90 Å². The third-order valence-electron chi connectivity index (χ3n) is 4.75. The van der Waals surface area contributed by atoms with Gasteiger partial charge in [-0.1, -0.05) is 49.2 Å². The molecule has 0 saturated carbocycles. The molecule has 1 aliphatic rings. The van der Waals surface area contributed by atoms with Crippen LogP contribution in [0.2, 0.25) is 0 Å². The Labute approximate surface area is 137 Å². The van der Waals surface area contributed by atoms with Gasteiger partial charge >= 0.3 is 0 Å². The second-order valence-corrected chi connectivity index (χ2v) is 6.45. The average molecular weight is 305 g/mol. The second-order valence-electron chi connectivity index (χ2n) is 6.45. The van der Waals surface area contributed by atoms with Crippen LogP contribution in [0.3, 0.4) is 0 Å². The average Bonchev–Trinajstić information content (AvgIpc) is 2.85. The number of rotatable bonds is 3. The molecule has 1 aromatic heterocycles. The van der Waals surface area contributed by atoms with Crippen molar-refractivity contribution in [3.63, 3.8) is 0 Å². The number of H-pyrrole nitrogens is 1. The first kappa shape index (κ1) is 14.5. The Hall–Kier alpha value is -2.13. The van der Waals surface area contributed by atoms with E-state index in [4.69, 9.17) is 4.98 Å². The van der Waals surface area contributed by atoms with Crippen LogP contribution in [0, 0.1) is 0 Å². The van der Waals surface area contributed by atoms with E-state index in [1.165, 1.54) is 49.9 Å². The molecule has 0 spiro atoms. The Morgan fingerprint density at radius 3 is 2.43 bits per heavy atom. The number of nitrogens with one attached hydrogen (secondary N) is 1. The SMILES string of the molecule is c1ccc(-c2nc3ccccc3[nH]2)c(CN2CCCCCC2)c1. The maximum absolute atomic E-state index is 4.78. The number of nitrogens with zero attached hydrogens (tertiary/aromatic N) is 2. The molecule has 1 fully saturated rings. The maximum atomic E-state index is 4.78. The van der Waals surface area contributed by atoms with Crippen LogP contribution in [0.15, 0.2) is 48.5 Å². The van der Waals surface area contributed by atoms with Gasteiger partial charge in [0, 0.05) is 12.1 Å². The molecule has 2 aromatic carbocycles. The molecular formula is C20H23N3. The van der Waals surface area contributed by atoms with Crippen molar-refractivity contribution in [3.8, 4) is 11.4 Å². The van der Waals surface area contributed by atoms with E-state index in [2.05, 4.69) is 46.3 Å². The van der Waals surface area contributed by atoms with Gasteiger partial charge in [-0.05, 0) is 43.6 Å². The highest BCUT2D eigenvalue weighted by molar-refractivity contribution is 5.79. The van der Waals surface area contributed by atoms with Gasteiger partial charge < -0.3 is 4.98 Å². The van der Waals surface area contributed by atoms with Crippen LogP contribution >= 0.6 is 0 Å². The molecule has 0 atom stereocenters. The molecule has 118 valence electrons. The fraction of sp³-hybridized carbons (Fsp3) is 0.350. The maximum Gasteiger partial charge on any atom is 0.138 e. The van der Waals surface area contributed by atoms with Crippen LogP contribution in [0.1, 0.15) is 31.2 Å². The Bertz CT molecular complexity index is 749. The number of aromatic nitrogens is 2. The number of benzene rings is 2. The van der Waals surface area contributed by atoms with Crippen molar-refractivity contribution in [1.82, 2.24) is 14.9 Å². The molecule has 0 aliphatic carbocycles. The van der Waals surface area contributed by atoms with Crippen LogP contribution in [0.5, 0.6) is 0 Å². The van der Waals surface area contributed by atoms with Gasteiger partial charge in [-0.25, -0.2) is 4.98 Å². The number of aromatic amines is 1. The van der Waals surface area contributed by atoms with Crippen LogP contribution in [0.4, 0.5) is 0 Å². The lowest BCUT2D eigenvalue weighted by Crippen LogP contribution is -2.24. The summed E-state index contributed by atoms with van der Waals surface area (Å²) in [5.41, 5.74) is 4.74. The predicted octanol–water partition coefficient (Wildman–Crippen LogP) is 4.61. The number of hydrogen-bond acceptors (Lipinski definition) is 2. The molecule has 0 amide bonds. The molecule has 1 aliphatic heterocycles. The Morgan fingerprint density at radius 2 is 1.61 bits per heavy atom. The van der Waals surface area contributed by atoms with E-state index < -0.39 is 0 Å². The lowest BCUT2D eigenvalue weighted by molar-refractivity contribution is 0.277. The minimum absolute atomic E-state index is 0.983. The monoisotopic (exact) mass is 305 g/mol. The van der Waals surface area contributed by atoms with Gasteiger partial charge in [-0.15, -0.1) is 0 Å². The first-order chi connectivity index (χ1) is 11.4. The minimum atomic E-state index is 0.983. The largest absolute Gasteiger partial charge is 0.338 e. The summed E-state index contributed by atoms with van der Waals surface area (Å²) in [4.78, 5) is 10.8. The Morgan fingerprint density at radius 1 is 0.870 bits per heavy atom. The highest BCUT2D eigenvalue weighted by Crippen LogP contribution is 2.25. The lowest BCUT2D eigenvalue weighted by atomic mass is 10.1. The predicted molar refractivity (Wildman–Crippen MR) is 95.3 cm³/mol. The number of para-hydroxylation sites is 2. The number of imidazole rings is 1. The lowest BCUT2D eigenvalue weighted by Gasteiger charge is -2.21. The van der Waals surface area contributed by atoms with E-state index in [0.717, 1.165) is 23.4 Å². The third-order valence-corrected chi connectivity index (χ3v) is 4.75. The van der Waals surface area contributed by atoms with Gasteiger partial charge in [-0.2, -0.15) is 0 Å². The quantitative estimate of drug-likeness (QED) is 0.766. The fourth-order valence-corrected chi connectivity index (χ4v) is 3.50. The van der Waals surface area contributed by atoms with Crippen LogP contribution in [0.25, 0.3) is 22.4 Å². The van der Waals surface area contributed by atoms with Gasteiger partial charge in [0.1, 0.15) is 5.82 Å². The van der Waals surface area contributed by atoms with Crippen molar-refractivity contribution in [2.75, 3.05) is 13.1 Å². The zero-order valence-electron chi connectivity index (χ0n) is 13.5. The third kappa shape index (κ3) is 3.15. The normalized spacial score (nSPS) is 16.5. The van der Waals surface area contributed by atoms with Crippen molar-refractivity contribution in [2.24, 2.45) is 0 Å². The van der Waals surface area contributed by atoms with Crippen LogP contribution in [-0.2, 0) is 6.54 Å². The van der Waals surface area contributed by atoms with Gasteiger partial charge in [0.2, 0.25) is 0 Å². The van der Waals surface area contributed by atoms with Crippen LogP contribution < -0.4 is 0 Å². The van der Waals surface area contributed by atoms with Gasteiger partial charge in [0.15, 0.2) is 0 Å². The standard InChI is InChI=1S/C20H23N3/c1-2-8-14-23(13-7-1)15-16-9-3-4-10-17(16)20-21-18-11-5-6-12-19(18)22-20/h3-6,9-12H,1-2,7-8,13-15H2,(H,21,22). The first-order valence-electron chi connectivity index (χ1n) is 8.65. The fourth-order valence-electron chi connectivity index (χ4n) is 3.50. The topological polar surface area (TPSA) is 31.9 Å². The van der Waals surface area contributed by atoms with Gasteiger partial charge in [0.05, 0.1) is 11.0 Å². The summed E-state index contributed by atoms with van der Waals surface area (Å²) in [5.74, 6) is 0.983. The summed E-state index contributed by atoms with van der Waals surface area (Å²) in [6.07, 6.45) is 5.41. The first-order valence-corrected chi connectivity index (χ1v) is 8.65. The summed E-state index contributed by atoms with van der Waals surface area (Å²) < 4.78 is 0. The highest BCUT2D eigenvalue weighted by atomic mass is 15.1. The van der Waals surface area contributed by atoms with E-state index in [1.54, 1.807) is 0 Å².